The molecule has 2 heteroatoms. The number of para-hydroxylation sites is 2. The van der Waals surface area contributed by atoms with Gasteiger partial charge in [-0.25, -0.2) is 0 Å². The van der Waals surface area contributed by atoms with Gasteiger partial charge in [-0.1, -0.05) is 121 Å². The molecule has 0 amide bonds. The Bertz CT molecular complexity index is 2790. The van der Waals surface area contributed by atoms with E-state index in [1.54, 1.807) is 0 Å². The maximum Gasteiger partial charge on any atom is 0.0541 e. The molecule has 2 nitrogen and oxygen atoms in total. The Hall–Kier alpha value is -6.38. The lowest BCUT2D eigenvalue weighted by molar-refractivity contribution is 0.888. The van der Waals surface area contributed by atoms with Crippen LogP contribution in [-0.4, -0.2) is 9.13 Å². The Kier molecular flexibility index (Phi) is 6.89. The molecule has 2 aromatic heterocycles. The third kappa shape index (κ3) is 4.94. The van der Waals surface area contributed by atoms with Crippen LogP contribution in [-0.2, 0) is 6.42 Å². The fourth-order valence-electron chi connectivity index (χ4n) is 8.21. The second-order valence-electron chi connectivity index (χ2n) is 13.8. The van der Waals surface area contributed by atoms with Crippen molar-refractivity contribution in [3.63, 3.8) is 0 Å². The molecule has 7 aromatic carbocycles. The van der Waals surface area contributed by atoms with Gasteiger partial charge in [-0.2, -0.15) is 0 Å². The smallest absolute Gasteiger partial charge is 0.0541 e. The van der Waals surface area contributed by atoms with Gasteiger partial charge < -0.3 is 9.13 Å². The second kappa shape index (κ2) is 11.9. The van der Waals surface area contributed by atoms with Gasteiger partial charge in [0.05, 0.1) is 16.6 Å². The molecular formula is C49H36N2. The minimum atomic E-state index is 1.03. The van der Waals surface area contributed by atoms with Crippen molar-refractivity contribution in [1.82, 2.24) is 9.13 Å². The maximum absolute atomic E-state index is 2.49. The van der Waals surface area contributed by atoms with Crippen LogP contribution in [0.3, 0.4) is 0 Å². The summed E-state index contributed by atoms with van der Waals surface area (Å²) in [4.78, 5) is 0. The van der Waals surface area contributed by atoms with Crippen LogP contribution in [0.5, 0.6) is 0 Å². The normalized spacial score (nSPS) is 12.6. The van der Waals surface area contributed by atoms with Gasteiger partial charge in [-0.15, -0.1) is 0 Å². The van der Waals surface area contributed by atoms with Crippen LogP contribution in [0.1, 0.15) is 23.2 Å². The van der Waals surface area contributed by atoms with E-state index in [-0.39, 0.29) is 0 Å². The number of fused-ring (bicyclic) bond motifs is 6. The molecule has 9 aromatic rings. The third-order valence-corrected chi connectivity index (χ3v) is 10.6. The van der Waals surface area contributed by atoms with Crippen LogP contribution < -0.4 is 0 Å². The molecular weight excluding hydrogens is 617 g/mol. The van der Waals surface area contributed by atoms with Crippen molar-refractivity contribution < 1.29 is 0 Å². The van der Waals surface area contributed by atoms with E-state index in [1.807, 2.05) is 0 Å². The number of aryl methyl sites for hydroxylation is 1. The van der Waals surface area contributed by atoms with Crippen molar-refractivity contribution in [2.45, 2.75) is 19.8 Å². The number of rotatable bonds is 5. The zero-order valence-electron chi connectivity index (χ0n) is 28.6. The molecule has 0 N–H and O–H groups in total. The Morgan fingerprint density at radius 1 is 0.412 bits per heavy atom. The highest BCUT2D eigenvalue weighted by Gasteiger charge is 2.20. The van der Waals surface area contributed by atoms with Gasteiger partial charge in [-0.3, -0.25) is 0 Å². The monoisotopic (exact) mass is 652 g/mol. The summed E-state index contributed by atoms with van der Waals surface area (Å²) >= 11 is 0. The van der Waals surface area contributed by atoms with Gasteiger partial charge >= 0.3 is 0 Å². The van der Waals surface area contributed by atoms with E-state index in [0.29, 0.717) is 0 Å². The summed E-state index contributed by atoms with van der Waals surface area (Å²) in [6, 6.07) is 60.2. The summed E-state index contributed by atoms with van der Waals surface area (Å²) in [5.74, 6) is 0. The zero-order valence-corrected chi connectivity index (χ0v) is 28.6. The number of allylic oxidation sites excluding steroid dienone is 1. The van der Waals surface area contributed by atoms with Gasteiger partial charge in [0, 0.05) is 38.8 Å². The predicted octanol–water partition coefficient (Wildman–Crippen LogP) is 13.0. The highest BCUT2D eigenvalue weighted by molar-refractivity contribution is 6.10. The molecule has 1 aliphatic carbocycles. The highest BCUT2D eigenvalue weighted by Crippen LogP contribution is 2.39. The lowest BCUT2D eigenvalue weighted by Crippen LogP contribution is -2.02. The summed E-state index contributed by atoms with van der Waals surface area (Å²) in [5, 5.41) is 3.85. The third-order valence-electron chi connectivity index (χ3n) is 10.6. The molecule has 0 atom stereocenters. The molecule has 0 fully saturated rings. The number of aromatic nitrogens is 2. The van der Waals surface area contributed by atoms with Crippen LogP contribution in [0.25, 0.3) is 83.5 Å². The topological polar surface area (TPSA) is 9.86 Å². The van der Waals surface area contributed by atoms with Crippen LogP contribution in [0.2, 0.25) is 0 Å². The molecule has 0 saturated heterocycles. The number of nitrogens with zero attached hydrogens (tertiary/aromatic N) is 2. The minimum Gasteiger partial charge on any atom is -0.313 e. The van der Waals surface area contributed by atoms with Crippen molar-refractivity contribution in [1.29, 1.82) is 0 Å². The maximum atomic E-state index is 2.49. The summed E-state index contributed by atoms with van der Waals surface area (Å²) in [7, 11) is 0. The summed E-state index contributed by atoms with van der Waals surface area (Å²) in [6.07, 6.45) is 6.75. The first-order chi connectivity index (χ1) is 25.2. The Morgan fingerprint density at radius 3 is 1.78 bits per heavy atom. The van der Waals surface area contributed by atoms with Gasteiger partial charge in [0.15, 0.2) is 0 Å². The first-order valence-corrected chi connectivity index (χ1v) is 17.9. The van der Waals surface area contributed by atoms with Crippen LogP contribution in [0.15, 0.2) is 170 Å². The van der Waals surface area contributed by atoms with Gasteiger partial charge in [0.2, 0.25) is 0 Å². The highest BCUT2D eigenvalue weighted by atomic mass is 15.0. The minimum absolute atomic E-state index is 1.03. The Labute approximate surface area is 298 Å². The Morgan fingerprint density at radius 2 is 1.00 bits per heavy atom. The van der Waals surface area contributed by atoms with Crippen LogP contribution in [0, 0.1) is 6.92 Å². The SMILES string of the molecule is Cc1cccc(-c2cccc(-c3ccc(-n4c5c(c6cc(-c7ccc8c(c7)c7ccccc7n8-c7ccccc7)ccc64)C=CCC5)cc3)c2)c1. The van der Waals surface area contributed by atoms with Crippen molar-refractivity contribution in [2.24, 2.45) is 0 Å². The van der Waals surface area contributed by atoms with E-state index in [2.05, 4.69) is 192 Å². The quantitative estimate of drug-likeness (QED) is 0.175. The average Bonchev–Trinajstić information content (AvgIpc) is 3.70. The van der Waals surface area contributed by atoms with Gasteiger partial charge in [-0.05, 0) is 114 Å². The van der Waals surface area contributed by atoms with Crippen LogP contribution >= 0.6 is 0 Å². The average molecular weight is 653 g/mol. The number of hydrogen-bond donors (Lipinski definition) is 0. The largest absolute Gasteiger partial charge is 0.313 e. The summed E-state index contributed by atoms with van der Waals surface area (Å²) in [5.41, 5.74) is 17.5. The number of benzene rings is 7. The van der Waals surface area contributed by atoms with E-state index in [4.69, 9.17) is 0 Å². The standard InChI is InChI=1S/C49H36N2/c1-33-11-9-12-35(29-33)37-14-10-13-36(30-37)34-21-25-41(26-22-34)51-47-20-8-6-18-43(47)45-32-39(24-28-49(45)51)38-23-27-48-44(31-38)42-17-5-7-19-46(42)50(48)40-15-3-2-4-16-40/h2-7,9-19,21-32H,8,20H2,1H3. The fourth-order valence-corrected chi connectivity index (χ4v) is 8.21. The molecule has 0 saturated carbocycles. The van der Waals surface area contributed by atoms with E-state index < -0.39 is 0 Å². The summed E-state index contributed by atoms with van der Waals surface area (Å²) in [6.45, 7) is 2.15. The number of hydrogen-bond acceptors (Lipinski definition) is 0. The molecule has 242 valence electrons. The molecule has 0 spiro atoms. The zero-order chi connectivity index (χ0) is 33.9. The molecule has 0 aliphatic heterocycles. The molecule has 51 heavy (non-hydrogen) atoms. The molecule has 10 rings (SSSR count). The molecule has 0 bridgehead atoms. The van der Waals surface area contributed by atoms with Crippen molar-refractivity contribution in [3.05, 3.63) is 187 Å². The van der Waals surface area contributed by atoms with Crippen molar-refractivity contribution in [3.8, 4) is 44.8 Å². The van der Waals surface area contributed by atoms with E-state index in [0.717, 1.165) is 12.8 Å². The van der Waals surface area contributed by atoms with Gasteiger partial charge in [0.1, 0.15) is 0 Å². The first-order valence-electron chi connectivity index (χ1n) is 17.9. The lowest BCUT2D eigenvalue weighted by Gasteiger charge is -2.14. The first kappa shape index (κ1) is 29.5. The van der Waals surface area contributed by atoms with E-state index in [9.17, 15) is 0 Å². The fraction of sp³-hybridized carbons (Fsp3) is 0.0612. The lowest BCUT2D eigenvalue weighted by atomic mass is 9.98. The molecule has 0 radical (unpaired) electrons. The predicted molar refractivity (Wildman–Crippen MR) is 216 cm³/mol. The summed E-state index contributed by atoms with van der Waals surface area (Å²) < 4.78 is 4.87. The van der Waals surface area contributed by atoms with E-state index >= 15 is 0 Å². The van der Waals surface area contributed by atoms with Crippen molar-refractivity contribution in [2.75, 3.05) is 0 Å². The molecule has 2 heterocycles. The van der Waals surface area contributed by atoms with Gasteiger partial charge in [0.25, 0.3) is 0 Å². The molecule has 1 aliphatic rings. The van der Waals surface area contributed by atoms with E-state index in [1.165, 1.54) is 94.3 Å². The molecule has 0 unspecified atom stereocenters. The Balaban J connectivity index is 1.05. The van der Waals surface area contributed by atoms with Crippen molar-refractivity contribution >= 4 is 38.8 Å². The second-order valence-corrected chi connectivity index (χ2v) is 13.8. The van der Waals surface area contributed by atoms with Crippen LogP contribution in [0.4, 0.5) is 0 Å².